The van der Waals surface area contributed by atoms with Gasteiger partial charge in [-0.1, -0.05) is 12.1 Å². The normalized spacial score (nSPS) is 12.2. The lowest BCUT2D eigenvalue weighted by Crippen LogP contribution is -2.14. The average molecular weight is 236 g/mol. The van der Waals surface area contributed by atoms with E-state index in [1.54, 1.807) is 0 Å². The van der Waals surface area contributed by atoms with Crippen molar-refractivity contribution < 1.29 is 0 Å². The lowest BCUT2D eigenvalue weighted by molar-refractivity contribution is 0.687. The molecule has 1 aromatic rings. The smallest absolute Gasteiger partial charge is 0.115 e. The standard InChI is InChI=1S/C12H14ClN3/c1-12(2,8-14)9-4-3-5-10(6-9)16-11(15)7-13/h3-6H,7H2,1-2H3,(H2,15,16). The Morgan fingerprint density at radius 2 is 2.25 bits per heavy atom. The van der Waals surface area contributed by atoms with E-state index in [0.29, 0.717) is 5.84 Å². The first kappa shape index (κ1) is 12.5. The molecule has 4 heteroatoms. The molecule has 0 fully saturated rings. The Morgan fingerprint density at radius 1 is 1.56 bits per heavy atom. The summed E-state index contributed by atoms with van der Waals surface area (Å²) in [7, 11) is 0. The molecule has 0 atom stereocenters. The molecule has 84 valence electrons. The van der Waals surface area contributed by atoms with E-state index >= 15 is 0 Å². The Bertz CT molecular complexity index is 444. The molecule has 0 radical (unpaired) electrons. The minimum absolute atomic E-state index is 0.200. The van der Waals surface area contributed by atoms with Gasteiger partial charge in [0.2, 0.25) is 0 Å². The Morgan fingerprint density at radius 3 is 2.81 bits per heavy atom. The van der Waals surface area contributed by atoms with Crippen LogP contribution in [0.1, 0.15) is 19.4 Å². The fourth-order valence-electron chi connectivity index (χ4n) is 1.22. The van der Waals surface area contributed by atoms with Crippen molar-refractivity contribution in [3.8, 4) is 6.07 Å². The second kappa shape index (κ2) is 5.00. The zero-order valence-electron chi connectivity index (χ0n) is 9.37. The number of nitrogens with zero attached hydrogens (tertiary/aromatic N) is 2. The molecule has 1 rings (SSSR count). The number of amidine groups is 1. The highest BCUT2D eigenvalue weighted by atomic mass is 35.5. The monoisotopic (exact) mass is 235 g/mol. The summed E-state index contributed by atoms with van der Waals surface area (Å²) >= 11 is 5.55. The van der Waals surface area contributed by atoms with Crippen molar-refractivity contribution in [2.45, 2.75) is 19.3 Å². The van der Waals surface area contributed by atoms with Crippen LogP contribution in [-0.2, 0) is 5.41 Å². The first-order chi connectivity index (χ1) is 7.49. The van der Waals surface area contributed by atoms with Gasteiger partial charge in [0.25, 0.3) is 0 Å². The van der Waals surface area contributed by atoms with Crippen LogP contribution < -0.4 is 5.73 Å². The van der Waals surface area contributed by atoms with Crippen LogP contribution in [0.5, 0.6) is 0 Å². The van der Waals surface area contributed by atoms with Gasteiger partial charge in [0.15, 0.2) is 0 Å². The Labute approximate surface area is 101 Å². The molecule has 16 heavy (non-hydrogen) atoms. The lowest BCUT2D eigenvalue weighted by Gasteiger charge is -2.15. The van der Waals surface area contributed by atoms with Crippen LogP contribution in [0.2, 0.25) is 0 Å². The summed E-state index contributed by atoms with van der Waals surface area (Å²) in [4.78, 5) is 4.14. The summed E-state index contributed by atoms with van der Waals surface area (Å²) in [5, 5.41) is 9.03. The highest BCUT2D eigenvalue weighted by molar-refractivity contribution is 6.28. The Hall–Kier alpha value is -1.53. The molecule has 0 saturated carbocycles. The number of halogens is 1. The molecule has 0 bridgehead atoms. The quantitative estimate of drug-likeness (QED) is 0.497. The van der Waals surface area contributed by atoms with Crippen LogP contribution in [0.3, 0.4) is 0 Å². The van der Waals surface area contributed by atoms with Crippen molar-refractivity contribution in [2.75, 3.05) is 5.88 Å². The van der Waals surface area contributed by atoms with Crippen molar-refractivity contribution >= 4 is 23.1 Å². The van der Waals surface area contributed by atoms with Crippen LogP contribution >= 0.6 is 11.6 Å². The molecule has 0 saturated heterocycles. The van der Waals surface area contributed by atoms with E-state index in [1.165, 1.54) is 0 Å². The fourth-order valence-corrected chi connectivity index (χ4v) is 1.28. The number of hydrogen-bond acceptors (Lipinski definition) is 2. The second-order valence-corrected chi connectivity index (χ2v) is 4.29. The third-order valence-electron chi connectivity index (χ3n) is 2.26. The van der Waals surface area contributed by atoms with E-state index in [1.807, 2.05) is 38.1 Å². The van der Waals surface area contributed by atoms with Crippen LogP contribution in [0, 0.1) is 11.3 Å². The first-order valence-corrected chi connectivity index (χ1v) is 5.44. The summed E-state index contributed by atoms with van der Waals surface area (Å²) < 4.78 is 0. The Balaban J connectivity index is 3.11. The van der Waals surface area contributed by atoms with Crippen LogP contribution in [-0.4, -0.2) is 11.7 Å². The average Bonchev–Trinajstić information content (AvgIpc) is 2.29. The number of rotatable bonds is 3. The SMILES string of the molecule is CC(C)(C#N)c1cccc(N=C(N)CCl)c1. The van der Waals surface area contributed by atoms with Crippen molar-refractivity contribution in [3.63, 3.8) is 0 Å². The number of nitrogens with two attached hydrogens (primary N) is 1. The van der Waals surface area contributed by atoms with Gasteiger partial charge in [-0.05, 0) is 31.5 Å². The third-order valence-corrected chi connectivity index (χ3v) is 2.53. The molecule has 1 aromatic carbocycles. The maximum Gasteiger partial charge on any atom is 0.115 e. The van der Waals surface area contributed by atoms with Crippen LogP contribution in [0.15, 0.2) is 29.3 Å². The summed E-state index contributed by atoms with van der Waals surface area (Å²) in [6.45, 7) is 3.72. The predicted molar refractivity (Wildman–Crippen MR) is 67.1 cm³/mol. The molecule has 0 aliphatic carbocycles. The zero-order chi connectivity index (χ0) is 12.2. The summed E-state index contributed by atoms with van der Waals surface area (Å²) in [5.41, 5.74) is 6.66. The topological polar surface area (TPSA) is 62.2 Å². The number of aliphatic imine (C=N–C) groups is 1. The molecule has 0 aliphatic rings. The first-order valence-electron chi connectivity index (χ1n) is 4.90. The molecule has 2 N–H and O–H groups in total. The minimum atomic E-state index is -0.527. The van der Waals surface area contributed by atoms with E-state index in [9.17, 15) is 0 Å². The molecule has 0 amide bonds. The van der Waals surface area contributed by atoms with Gasteiger partial charge in [0.1, 0.15) is 5.84 Å². The zero-order valence-corrected chi connectivity index (χ0v) is 10.1. The van der Waals surface area contributed by atoms with Gasteiger partial charge in [0.05, 0.1) is 23.1 Å². The number of nitriles is 1. The summed E-state index contributed by atoms with van der Waals surface area (Å²) in [5.74, 6) is 0.569. The van der Waals surface area contributed by atoms with E-state index in [2.05, 4.69) is 11.1 Å². The van der Waals surface area contributed by atoms with Crippen molar-refractivity contribution in [3.05, 3.63) is 29.8 Å². The molecule has 0 heterocycles. The number of benzene rings is 1. The van der Waals surface area contributed by atoms with Gasteiger partial charge in [0, 0.05) is 0 Å². The maximum absolute atomic E-state index is 9.03. The van der Waals surface area contributed by atoms with Gasteiger partial charge in [-0.25, -0.2) is 4.99 Å². The predicted octanol–water partition coefficient (Wildman–Crippen LogP) is 2.72. The Kier molecular flexibility index (Phi) is 3.92. The van der Waals surface area contributed by atoms with E-state index in [-0.39, 0.29) is 5.88 Å². The summed E-state index contributed by atoms with van der Waals surface area (Å²) in [6, 6.07) is 9.68. The molecular weight excluding hydrogens is 222 g/mol. The molecular formula is C12H14ClN3. The van der Waals surface area contributed by atoms with Crippen molar-refractivity contribution in [2.24, 2.45) is 10.7 Å². The van der Waals surface area contributed by atoms with Gasteiger partial charge in [-0.3, -0.25) is 0 Å². The largest absolute Gasteiger partial charge is 0.386 e. The van der Waals surface area contributed by atoms with E-state index in [4.69, 9.17) is 22.6 Å². The molecule has 0 aromatic heterocycles. The molecule has 3 nitrogen and oxygen atoms in total. The molecule has 0 spiro atoms. The molecule has 0 aliphatic heterocycles. The van der Waals surface area contributed by atoms with E-state index in [0.717, 1.165) is 11.3 Å². The highest BCUT2D eigenvalue weighted by Crippen LogP contribution is 2.25. The highest BCUT2D eigenvalue weighted by Gasteiger charge is 2.19. The van der Waals surface area contributed by atoms with Gasteiger partial charge < -0.3 is 5.73 Å². The van der Waals surface area contributed by atoms with Crippen molar-refractivity contribution in [1.29, 1.82) is 5.26 Å². The summed E-state index contributed by atoms with van der Waals surface area (Å²) in [6.07, 6.45) is 0. The van der Waals surface area contributed by atoms with Gasteiger partial charge >= 0.3 is 0 Å². The minimum Gasteiger partial charge on any atom is -0.386 e. The van der Waals surface area contributed by atoms with E-state index < -0.39 is 5.41 Å². The van der Waals surface area contributed by atoms with Gasteiger partial charge in [-0.15, -0.1) is 11.6 Å². The van der Waals surface area contributed by atoms with Crippen LogP contribution in [0.25, 0.3) is 0 Å². The lowest BCUT2D eigenvalue weighted by atomic mass is 9.86. The van der Waals surface area contributed by atoms with Crippen LogP contribution in [0.4, 0.5) is 5.69 Å². The second-order valence-electron chi connectivity index (χ2n) is 4.02. The van der Waals surface area contributed by atoms with Gasteiger partial charge in [-0.2, -0.15) is 5.26 Å². The maximum atomic E-state index is 9.03. The van der Waals surface area contributed by atoms with Crippen molar-refractivity contribution in [1.82, 2.24) is 0 Å². The molecule has 0 unspecified atom stereocenters. The number of alkyl halides is 1. The third kappa shape index (κ3) is 2.98. The number of hydrogen-bond donors (Lipinski definition) is 1. The fraction of sp³-hybridized carbons (Fsp3) is 0.333.